The van der Waals surface area contributed by atoms with Gasteiger partial charge in [0, 0.05) is 5.02 Å². The highest BCUT2D eigenvalue weighted by molar-refractivity contribution is 6.31. The predicted octanol–water partition coefficient (Wildman–Crippen LogP) is 4.90. The fourth-order valence-corrected chi connectivity index (χ4v) is 3.50. The maximum absolute atomic E-state index is 12.5. The molecule has 5 nitrogen and oxygen atoms in total. The Morgan fingerprint density at radius 1 is 1.11 bits per heavy atom. The minimum absolute atomic E-state index is 0. The van der Waals surface area contributed by atoms with Gasteiger partial charge >= 0.3 is 5.97 Å². The molecule has 0 spiro atoms. The molecule has 2 aromatic heterocycles. The highest BCUT2D eigenvalue weighted by atomic mass is 35.5. The lowest BCUT2D eigenvalue weighted by Gasteiger charge is -2.07. The van der Waals surface area contributed by atoms with E-state index < -0.39 is 0 Å². The third kappa shape index (κ3) is 3.17. The average molecular weight is 404 g/mol. The molecule has 0 unspecified atom stereocenters. The first-order valence-electron chi connectivity index (χ1n) is 8.48. The Kier molecular flexibility index (Phi) is 5.44. The second kappa shape index (κ2) is 7.62. The van der Waals surface area contributed by atoms with E-state index in [0.717, 1.165) is 16.6 Å². The van der Waals surface area contributed by atoms with Gasteiger partial charge in [-0.2, -0.15) is 0 Å². The lowest BCUT2D eigenvalue weighted by Crippen LogP contribution is -2.09. The predicted molar refractivity (Wildman–Crippen MR) is 109 cm³/mol. The zero-order valence-corrected chi connectivity index (χ0v) is 16.5. The van der Waals surface area contributed by atoms with Crippen LogP contribution in [0.25, 0.3) is 16.8 Å². The minimum Gasteiger partial charge on any atom is -0.461 e. The van der Waals surface area contributed by atoms with Crippen molar-refractivity contribution in [2.24, 2.45) is 0 Å². The van der Waals surface area contributed by atoms with Crippen molar-refractivity contribution in [3.63, 3.8) is 0 Å². The lowest BCUT2D eigenvalue weighted by atomic mass is 10.2. The van der Waals surface area contributed by atoms with E-state index >= 15 is 0 Å². The van der Waals surface area contributed by atoms with Gasteiger partial charge in [-0.15, -0.1) is 12.4 Å². The number of fused-ring (bicyclic) bond motifs is 3. The molecule has 0 saturated heterocycles. The molecule has 0 aliphatic carbocycles. The number of carbonyl (C=O) groups excluding carboxylic acids is 1. The van der Waals surface area contributed by atoms with Crippen LogP contribution in [-0.4, -0.2) is 26.5 Å². The summed E-state index contributed by atoms with van der Waals surface area (Å²) < 4.78 is 9.19. The van der Waals surface area contributed by atoms with Gasteiger partial charge in [0.1, 0.15) is 0 Å². The summed E-state index contributed by atoms with van der Waals surface area (Å²) in [5.74, 6) is 0.338. The van der Waals surface area contributed by atoms with Crippen LogP contribution in [-0.2, 0) is 11.3 Å². The van der Waals surface area contributed by atoms with Crippen LogP contribution in [0.4, 0.5) is 0 Å². The summed E-state index contributed by atoms with van der Waals surface area (Å²) in [7, 11) is 0. The number of aryl methyl sites for hydroxylation is 1. The van der Waals surface area contributed by atoms with Crippen molar-refractivity contribution in [1.29, 1.82) is 0 Å². The number of para-hydroxylation sites is 2. The van der Waals surface area contributed by atoms with Crippen LogP contribution in [0, 0.1) is 6.92 Å². The Morgan fingerprint density at radius 2 is 1.78 bits per heavy atom. The second-order valence-corrected chi connectivity index (χ2v) is 6.48. The largest absolute Gasteiger partial charge is 0.461 e. The number of hydrogen-bond acceptors (Lipinski definition) is 3. The SMILES string of the molecule is CCOC(=O)c1c(C)nc2n(Cc3ccccc3Cl)c3ccccc3n12.Cl. The van der Waals surface area contributed by atoms with Crippen molar-refractivity contribution in [1.82, 2.24) is 14.0 Å². The van der Waals surface area contributed by atoms with Gasteiger partial charge in [0.2, 0.25) is 5.78 Å². The molecule has 2 heterocycles. The summed E-state index contributed by atoms with van der Waals surface area (Å²) in [5.41, 5.74) is 4.02. The first kappa shape index (κ1) is 19.3. The smallest absolute Gasteiger partial charge is 0.357 e. The summed E-state index contributed by atoms with van der Waals surface area (Å²) in [6.07, 6.45) is 0. The molecule has 0 N–H and O–H groups in total. The molecule has 0 atom stereocenters. The van der Waals surface area contributed by atoms with Crippen LogP contribution in [0.15, 0.2) is 48.5 Å². The fourth-order valence-electron chi connectivity index (χ4n) is 3.30. The Bertz CT molecular complexity index is 1130. The molecule has 27 heavy (non-hydrogen) atoms. The van der Waals surface area contributed by atoms with Crippen LogP contribution in [0.2, 0.25) is 5.02 Å². The summed E-state index contributed by atoms with van der Waals surface area (Å²) in [5, 5.41) is 0.706. The monoisotopic (exact) mass is 403 g/mol. The van der Waals surface area contributed by atoms with Crippen molar-refractivity contribution < 1.29 is 9.53 Å². The summed E-state index contributed by atoms with van der Waals surface area (Å²) in [6, 6.07) is 15.7. The van der Waals surface area contributed by atoms with Gasteiger partial charge in [-0.1, -0.05) is 41.9 Å². The van der Waals surface area contributed by atoms with E-state index in [4.69, 9.17) is 16.3 Å². The molecule has 4 rings (SSSR count). The number of imidazole rings is 2. The number of rotatable bonds is 4. The number of esters is 1. The quantitative estimate of drug-likeness (QED) is 0.455. The van der Waals surface area contributed by atoms with E-state index in [1.807, 2.05) is 59.9 Å². The van der Waals surface area contributed by atoms with Gasteiger partial charge in [-0.3, -0.25) is 4.40 Å². The normalized spacial score (nSPS) is 10.9. The van der Waals surface area contributed by atoms with E-state index in [9.17, 15) is 4.79 Å². The molecule has 7 heteroatoms. The van der Waals surface area contributed by atoms with Crippen molar-refractivity contribution in [2.75, 3.05) is 6.61 Å². The highest BCUT2D eigenvalue weighted by Gasteiger charge is 2.23. The fraction of sp³-hybridized carbons (Fsp3) is 0.200. The zero-order chi connectivity index (χ0) is 18.3. The van der Waals surface area contributed by atoms with Gasteiger partial charge in [0.25, 0.3) is 0 Å². The van der Waals surface area contributed by atoms with E-state index in [2.05, 4.69) is 9.55 Å². The van der Waals surface area contributed by atoms with Gasteiger partial charge in [0.15, 0.2) is 5.69 Å². The zero-order valence-electron chi connectivity index (χ0n) is 15.0. The van der Waals surface area contributed by atoms with E-state index in [0.29, 0.717) is 35.3 Å². The average Bonchev–Trinajstić information content (AvgIpc) is 3.11. The third-order valence-electron chi connectivity index (χ3n) is 4.44. The van der Waals surface area contributed by atoms with Crippen LogP contribution in [0.3, 0.4) is 0 Å². The van der Waals surface area contributed by atoms with Crippen molar-refractivity contribution in [3.8, 4) is 0 Å². The molecule has 0 bridgehead atoms. The Hall–Kier alpha value is -2.50. The van der Waals surface area contributed by atoms with Crippen LogP contribution >= 0.6 is 24.0 Å². The Labute approximate surface area is 167 Å². The molecule has 0 radical (unpaired) electrons. The Balaban J connectivity index is 0.00000210. The molecule has 140 valence electrons. The molecule has 0 aliphatic heterocycles. The van der Waals surface area contributed by atoms with Gasteiger partial charge in [-0.25, -0.2) is 9.78 Å². The lowest BCUT2D eigenvalue weighted by molar-refractivity contribution is 0.0518. The van der Waals surface area contributed by atoms with Crippen molar-refractivity contribution >= 4 is 46.8 Å². The molecule has 0 amide bonds. The number of aromatic nitrogens is 3. The molecule has 0 fully saturated rings. The highest BCUT2D eigenvalue weighted by Crippen LogP contribution is 2.27. The number of halogens is 2. The van der Waals surface area contributed by atoms with Gasteiger partial charge in [0.05, 0.1) is 29.9 Å². The summed E-state index contributed by atoms with van der Waals surface area (Å²) in [6.45, 7) is 4.51. The number of nitrogens with zero attached hydrogens (tertiary/aromatic N) is 3. The summed E-state index contributed by atoms with van der Waals surface area (Å²) in [4.78, 5) is 17.2. The number of benzene rings is 2. The minimum atomic E-state index is -0.363. The second-order valence-electron chi connectivity index (χ2n) is 6.07. The number of carbonyl (C=O) groups is 1. The Morgan fingerprint density at radius 3 is 2.48 bits per heavy atom. The topological polar surface area (TPSA) is 48.5 Å². The molecule has 2 aromatic carbocycles. The summed E-state index contributed by atoms with van der Waals surface area (Å²) >= 11 is 6.36. The van der Waals surface area contributed by atoms with E-state index in [-0.39, 0.29) is 18.4 Å². The first-order valence-corrected chi connectivity index (χ1v) is 8.86. The standard InChI is InChI=1S/C20H18ClN3O2.ClH/c1-3-26-19(25)18-13(2)22-20-23(12-14-8-4-5-9-15(14)21)16-10-6-7-11-17(16)24(18)20;/h4-11H,3,12H2,1-2H3;1H. The van der Waals surface area contributed by atoms with Gasteiger partial charge in [-0.05, 0) is 37.6 Å². The van der Waals surface area contributed by atoms with Crippen molar-refractivity contribution in [2.45, 2.75) is 20.4 Å². The van der Waals surface area contributed by atoms with E-state index in [1.54, 1.807) is 6.92 Å². The maximum atomic E-state index is 12.5. The van der Waals surface area contributed by atoms with Crippen LogP contribution < -0.4 is 0 Å². The van der Waals surface area contributed by atoms with E-state index in [1.165, 1.54) is 0 Å². The first-order chi connectivity index (χ1) is 12.6. The maximum Gasteiger partial charge on any atom is 0.357 e. The molecular weight excluding hydrogens is 385 g/mol. The number of ether oxygens (including phenoxy) is 1. The number of hydrogen-bond donors (Lipinski definition) is 0. The molecular formula is C20H19Cl2N3O2. The molecule has 0 saturated carbocycles. The van der Waals surface area contributed by atoms with Gasteiger partial charge < -0.3 is 9.30 Å². The molecule has 4 aromatic rings. The van der Waals surface area contributed by atoms with Crippen molar-refractivity contribution in [3.05, 3.63) is 70.5 Å². The third-order valence-corrected chi connectivity index (χ3v) is 4.81. The molecule has 0 aliphatic rings. The van der Waals surface area contributed by atoms with Crippen LogP contribution in [0.5, 0.6) is 0 Å². The van der Waals surface area contributed by atoms with Crippen LogP contribution in [0.1, 0.15) is 28.7 Å².